The van der Waals surface area contributed by atoms with Crippen LogP contribution in [-0.4, -0.2) is 30.5 Å². The molecular weight excluding hydrogens is 267 g/mol. The van der Waals surface area contributed by atoms with Gasteiger partial charge in [0.25, 0.3) is 0 Å². The lowest BCUT2D eigenvalue weighted by Crippen LogP contribution is -2.51. The molecule has 1 atom stereocenters. The molecule has 1 unspecified atom stereocenters. The minimum absolute atomic E-state index is 0.251. The van der Waals surface area contributed by atoms with Crippen LogP contribution < -0.4 is 5.32 Å². The van der Waals surface area contributed by atoms with Crippen LogP contribution in [0, 0.1) is 5.92 Å². The lowest BCUT2D eigenvalue weighted by molar-refractivity contribution is -0.252. The largest absolute Gasteiger partial charge is 0.414 e. The van der Waals surface area contributed by atoms with Crippen molar-refractivity contribution >= 4 is 0 Å². The molecule has 1 fully saturated rings. The van der Waals surface area contributed by atoms with Gasteiger partial charge in [0.1, 0.15) is 0 Å². The highest BCUT2D eigenvalue weighted by Gasteiger charge is 2.44. The Kier molecular flexibility index (Phi) is 6.32. The molecule has 120 valence electrons. The van der Waals surface area contributed by atoms with Crippen LogP contribution in [0.1, 0.15) is 59.8 Å². The summed E-state index contributed by atoms with van der Waals surface area (Å²) in [6, 6.07) is 0.251. The predicted molar refractivity (Wildman–Crippen MR) is 74.7 cm³/mol. The van der Waals surface area contributed by atoms with E-state index in [0.717, 1.165) is 26.2 Å². The molecule has 1 N–H and O–H groups in total. The van der Waals surface area contributed by atoms with Crippen molar-refractivity contribution in [3.63, 3.8) is 0 Å². The van der Waals surface area contributed by atoms with Gasteiger partial charge < -0.3 is 10.1 Å². The van der Waals surface area contributed by atoms with E-state index in [9.17, 15) is 13.2 Å². The van der Waals surface area contributed by atoms with Crippen LogP contribution in [0.2, 0.25) is 0 Å². The fraction of sp³-hybridized carbons (Fsp3) is 1.00. The Balaban J connectivity index is 2.70. The quantitative estimate of drug-likeness (QED) is 0.789. The molecule has 5 heteroatoms. The number of alkyl halides is 3. The number of hydrogen-bond acceptors (Lipinski definition) is 2. The fourth-order valence-corrected chi connectivity index (χ4v) is 2.78. The Morgan fingerprint density at radius 1 is 1.20 bits per heavy atom. The summed E-state index contributed by atoms with van der Waals surface area (Å²) in [7, 11) is 0. The molecule has 0 amide bonds. The van der Waals surface area contributed by atoms with Crippen molar-refractivity contribution in [2.75, 3.05) is 6.54 Å². The molecule has 0 aliphatic heterocycles. The highest BCUT2D eigenvalue weighted by atomic mass is 19.4. The maximum atomic E-state index is 12.8. The first-order chi connectivity index (χ1) is 9.18. The van der Waals surface area contributed by atoms with Crippen LogP contribution in [-0.2, 0) is 4.74 Å². The third-order valence-electron chi connectivity index (χ3n) is 4.31. The summed E-state index contributed by atoms with van der Waals surface area (Å²) in [6.45, 7) is 7.75. The molecule has 1 aliphatic rings. The maximum Gasteiger partial charge on any atom is 0.414 e. The van der Waals surface area contributed by atoms with Gasteiger partial charge in [0.2, 0.25) is 0 Å². The summed E-state index contributed by atoms with van der Waals surface area (Å²) >= 11 is 0. The molecule has 1 saturated carbocycles. The van der Waals surface area contributed by atoms with Crippen molar-refractivity contribution in [2.45, 2.75) is 83.7 Å². The zero-order valence-corrected chi connectivity index (χ0v) is 13.0. The van der Waals surface area contributed by atoms with E-state index in [1.165, 1.54) is 0 Å². The van der Waals surface area contributed by atoms with Gasteiger partial charge in [0.15, 0.2) is 6.10 Å². The highest BCUT2D eigenvalue weighted by Crippen LogP contribution is 2.39. The Morgan fingerprint density at radius 3 is 2.15 bits per heavy atom. The first kappa shape index (κ1) is 17.8. The van der Waals surface area contributed by atoms with Gasteiger partial charge in [-0.2, -0.15) is 13.2 Å². The van der Waals surface area contributed by atoms with Crippen LogP contribution >= 0.6 is 0 Å². The van der Waals surface area contributed by atoms with E-state index in [2.05, 4.69) is 12.2 Å². The van der Waals surface area contributed by atoms with E-state index in [-0.39, 0.29) is 6.04 Å². The van der Waals surface area contributed by atoms with Gasteiger partial charge in [-0.05, 0) is 38.5 Å². The van der Waals surface area contributed by atoms with E-state index < -0.39 is 17.9 Å². The second-order valence-electron chi connectivity index (χ2n) is 6.37. The molecule has 0 aromatic heterocycles. The molecule has 0 aromatic rings. The van der Waals surface area contributed by atoms with E-state index >= 15 is 0 Å². The number of halogens is 3. The van der Waals surface area contributed by atoms with Gasteiger partial charge in [0, 0.05) is 12.6 Å². The number of ether oxygens (including phenoxy) is 1. The molecular formula is C15H28F3NO. The molecule has 0 aromatic carbocycles. The summed E-state index contributed by atoms with van der Waals surface area (Å²) in [4.78, 5) is 0. The van der Waals surface area contributed by atoms with E-state index in [0.29, 0.717) is 25.3 Å². The normalized spacial score (nSPS) is 29.7. The Hall–Kier alpha value is -0.290. The zero-order chi connectivity index (χ0) is 15.4. The lowest BCUT2D eigenvalue weighted by Gasteiger charge is -2.42. The van der Waals surface area contributed by atoms with Crippen LogP contribution in [0.3, 0.4) is 0 Å². The van der Waals surface area contributed by atoms with E-state index in [1.807, 2.05) is 13.8 Å². The third-order valence-corrected chi connectivity index (χ3v) is 4.31. The summed E-state index contributed by atoms with van der Waals surface area (Å²) in [5, 5.41) is 3.25. The Morgan fingerprint density at radius 2 is 1.75 bits per heavy atom. The van der Waals surface area contributed by atoms with Crippen molar-refractivity contribution in [3.05, 3.63) is 0 Å². The second kappa shape index (κ2) is 7.12. The third kappa shape index (κ3) is 5.24. The van der Waals surface area contributed by atoms with Crippen molar-refractivity contribution < 1.29 is 17.9 Å². The van der Waals surface area contributed by atoms with Gasteiger partial charge in [-0.3, -0.25) is 0 Å². The first-order valence-electron chi connectivity index (χ1n) is 7.66. The molecule has 1 aliphatic carbocycles. The van der Waals surface area contributed by atoms with E-state index in [1.54, 1.807) is 0 Å². The van der Waals surface area contributed by atoms with Gasteiger partial charge in [-0.1, -0.05) is 27.2 Å². The summed E-state index contributed by atoms with van der Waals surface area (Å²) in [6.07, 6.45) is -1.54. The molecule has 0 spiro atoms. The molecule has 0 radical (unpaired) electrons. The number of rotatable bonds is 6. The van der Waals surface area contributed by atoms with Crippen molar-refractivity contribution in [1.29, 1.82) is 0 Å². The van der Waals surface area contributed by atoms with Crippen LogP contribution in [0.5, 0.6) is 0 Å². The van der Waals surface area contributed by atoms with Gasteiger partial charge in [-0.25, -0.2) is 0 Å². The fourth-order valence-electron chi connectivity index (χ4n) is 2.78. The summed E-state index contributed by atoms with van der Waals surface area (Å²) in [5.74, 6) is 0.631. The topological polar surface area (TPSA) is 21.3 Å². The zero-order valence-electron chi connectivity index (χ0n) is 13.0. The molecule has 2 nitrogen and oxygen atoms in total. The van der Waals surface area contributed by atoms with Crippen molar-refractivity contribution in [3.8, 4) is 0 Å². The van der Waals surface area contributed by atoms with Crippen molar-refractivity contribution in [1.82, 2.24) is 5.32 Å². The van der Waals surface area contributed by atoms with Crippen LogP contribution in [0.4, 0.5) is 13.2 Å². The highest BCUT2D eigenvalue weighted by molar-refractivity contribution is 4.91. The molecule has 20 heavy (non-hydrogen) atoms. The van der Waals surface area contributed by atoms with E-state index in [4.69, 9.17) is 4.74 Å². The maximum absolute atomic E-state index is 12.8. The molecule has 0 heterocycles. The SMILES string of the molecule is CCC1CCC(CNC(C)C)(OC(C)C(F)(F)F)CC1. The molecule has 0 bridgehead atoms. The minimum atomic E-state index is -4.29. The summed E-state index contributed by atoms with van der Waals surface area (Å²) in [5.41, 5.74) is -0.662. The molecule has 1 rings (SSSR count). The standard InChI is InChI=1S/C15H28F3NO/c1-5-13-6-8-14(9-7-13,10-19-11(2)3)20-12(4)15(16,17)18/h11-13,19H,5-10H2,1-4H3. The molecule has 0 saturated heterocycles. The second-order valence-corrected chi connectivity index (χ2v) is 6.37. The van der Waals surface area contributed by atoms with Crippen LogP contribution in [0.25, 0.3) is 0 Å². The van der Waals surface area contributed by atoms with Crippen LogP contribution in [0.15, 0.2) is 0 Å². The van der Waals surface area contributed by atoms with Gasteiger partial charge in [-0.15, -0.1) is 0 Å². The first-order valence-corrected chi connectivity index (χ1v) is 7.66. The van der Waals surface area contributed by atoms with Gasteiger partial charge >= 0.3 is 6.18 Å². The Labute approximate surface area is 120 Å². The van der Waals surface area contributed by atoms with Gasteiger partial charge in [0.05, 0.1) is 5.60 Å². The summed E-state index contributed by atoms with van der Waals surface area (Å²) < 4.78 is 43.8. The predicted octanol–water partition coefficient (Wildman–Crippen LogP) is 4.29. The lowest BCUT2D eigenvalue weighted by atomic mass is 9.77. The minimum Gasteiger partial charge on any atom is -0.361 e. The average molecular weight is 295 g/mol. The monoisotopic (exact) mass is 295 g/mol. The number of hydrogen-bond donors (Lipinski definition) is 1. The number of nitrogens with one attached hydrogen (secondary N) is 1. The average Bonchev–Trinajstić information content (AvgIpc) is 2.36. The van der Waals surface area contributed by atoms with Crippen molar-refractivity contribution in [2.24, 2.45) is 5.92 Å². The smallest absolute Gasteiger partial charge is 0.361 e. The Bertz CT molecular complexity index is 283.